The van der Waals surface area contributed by atoms with E-state index in [9.17, 15) is 0 Å². The van der Waals surface area contributed by atoms with Crippen LogP contribution in [0.4, 0.5) is 0 Å². The molecule has 1 saturated carbocycles. The molecule has 0 aliphatic heterocycles. The molecule has 1 aliphatic carbocycles. The molecule has 0 heterocycles. The highest BCUT2D eigenvalue weighted by molar-refractivity contribution is 4.80. The summed E-state index contributed by atoms with van der Waals surface area (Å²) in [5.41, 5.74) is 16.9. The fraction of sp³-hybridized carbons (Fsp3) is 1.00. The van der Waals surface area contributed by atoms with E-state index >= 15 is 0 Å². The molecule has 0 aromatic carbocycles. The molecule has 1 rings (SSSR count). The predicted molar refractivity (Wildman–Crippen MR) is 95.8 cm³/mol. The van der Waals surface area contributed by atoms with Gasteiger partial charge in [-0.3, -0.25) is 0 Å². The largest absolute Gasteiger partial charge is 0.330 e. The van der Waals surface area contributed by atoms with Crippen LogP contribution in [0.2, 0.25) is 0 Å². The van der Waals surface area contributed by atoms with Crippen molar-refractivity contribution < 1.29 is 0 Å². The first-order valence-corrected chi connectivity index (χ1v) is 9.35. The monoisotopic (exact) mass is 313 g/mol. The molecule has 0 aromatic heterocycles. The Morgan fingerprint density at radius 3 is 2.00 bits per heavy atom. The van der Waals surface area contributed by atoms with Crippen molar-refractivity contribution in [3.8, 4) is 0 Å². The smallest absolute Gasteiger partial charge is 0.00128 e. The van der Waals surface area contributed by atoms with E-state index in [1.807, 2.05) is 0 Å². The number of rotatable bonds is 13. The van der Waals surface area contributed by atoms with Crippen molar-refractivity contribution in [1.29, 1.82) is 0 Å². The van der Waals surface area contributed by atoms with E-state index in [0.717, 1.165) is 76.9 Å². The van der Waals surface area contributed by atoms with Gasteiger partial charge in [0.2, 0.25) is 0 Å². The molecule has 0 amide bonds. The van der Waals surface area contributed by atoms with Crippen molar-refractivity contribution >= 4 is 0 Å². The second-order valence-electron chi connectivity index (χ2n) is 6.74. The van der Waals surface area contributed by atoms with Gasteiger partial charge in [0, 0.05) is 6.54 Å². The van der Waals surface area contributed by atoms with Gasteiger partial charge in [-0.15, -0.1) is 0 Å². The molecule has 5 heteroatoms. The molecular weight excluding hydrogens is 274 g/mol. The van der Waals surface area contributed by atoms with E-state index in [0.29, 0.717) is 0 Å². The predicted octanol–water partition coefficient (Wildman–Crippen LogP) is 0.731. The highest BCUT2D eigenvalue weighted by atomic mass is 15.1. The number of nitrogens with one attached hydrogen (secondary N) is 1. The summed E-state index contributed by atoms with van der Waals surface area (Å²) in [6.07, 6.45) is 8.81. The molecule has 2 atom stereocenters. The molecule has 1 fully saturated rings. The van der Waals surface area contributed by atoms with Gasteiger partial charge in [-0.05, 0) is 89.8 Å². The van der Waals surface area contributed by atoms with Crippen LogP contribution in [0.5, 0.6) is 0 Å². The van der Waals surface area contributed by atoms with E-state index in [2.05, 4.69) is 10.2 Å². The zero-order chi connectivity index (χ0) is 16.0. The van der Waals surface area contributed by atoms with Gasteiger partial charge in [-0.2, -0.15) is 0 Å². The normalized spacial score (nSPS) is 22.4. The first-order chi connectivity index (χ1) is 10.8. The van der Waals surface area contributed by atoms with E-state index in [4.69, 9.17) is 17.2 Å². The van der Waals surface area contributed by atoms with Crippen LogP contribution < -0.4 is 22.5 Å². The third-order valence-electron chi connectivity index (χ3n) is 4.88. The summed E-state index contributed by atoms with van der Waals surface area (Å²) in [6, 6.07) is 0. The van der Waals surface area contributed by atoms with Gasteiger partial charge >= 0.3 is 0 Å². The first kappa shape index (κ1) is 19.8. The van der Waals surface area contributed by atoms with Crippen LogP contribution >= 0.6 is 0 Å². The third-order valence-corrected chi connectivity index (χ3v) is 4.88. The van der Waals surface area contributed by atoms with E-state index in [1.165, 1.54) is 32.2 Å². The third kappa shape index (κ3) is 8.44. The highest BCUT2D eigenvalue weighted by Crippen LogP contribution is 2.30. The zero-order valence-electron chi connectivity index (χ0n) is 14.4. The summed E-state index contributed by atoms with van der Waals surface area (Å²) in [6.45, 7) is 8.05. The minimum Gasteiger partial charge on any atom is -0.330 e. The summed E-state index contributed by atoms with van der Waals surface area (Å²) in [7, 11) is 0. The van der Waals surface area contributed by atoms with E-state index in [1.54, 1.807) is 0 Å². The van der Waals surface area contributed by atoms with Crippen LogP contribution in [0.1, 0.15) is 44.9 Å². The molecule has 7 N–H and O–H groups in total. The summed E-state index contributed by atoms with van der Waals surface area (Å²) in [5.74, 6) is 1.65. The second-order valence-corrected chi connectivity index (χ2v) is 6.74. The summed E-state index contributed by atoms with van der Waals surface area (Å²) in [4.78, 5) is 2.60. The average Bonchev–Trinajstić information content (AvgIpc) is 2.55. The van der Waals surface area contributed by atoms with Crippen molar-refractivity contribution in [1.82, 2.24) is 10.2 Å². The van der Waals surface area contributed by atoms with Crippen LogP contribution in [0.15, 0.2) is 0 Å². The molecule has 1 aliphatic rings. The van der Waals surface area contributed by atoms with E-state index in [-0.39, 0.29) is 0 Å². The fourth-order valence-corrected chi connectivity index (χ4v) is 3.56. The summed E-state index contributed by atoms with van der Waals surface area (Å²) < 4.78 is 0. The number of nitrogens with two attached hydrogens (primary N) is 3. The molecule has 0 bridgehead atoms. The SMILES string of the molecule is NCCCNCC1CCCCC1CN(CCCN)CCCN. The van der Waals surface area contributed by atoms with Crippen molar-refractivity contribution in [2.24, 2.45) is 29.0 Å². The van der Waals surface area contributed by atoms with Gasteiger partial charge in [0.15, 0.2) is 0 Å². The molecule has 0 spiro atoms. The molecule has 0 saturated heterocycles. The second kappa shape index (κ2) is 13.3. The van der Waals surface area contributed by atoms with Gasteiger partial charge < -0.3 is 27.4 Å². The lowest BCUT2D eigenvalue weighted by atomic mass is 9.78. The van der Waals surface area contributed by atoms with Crippen LogP contribution in [0, 0.1) is 11.8 Å². The molecule has 2 unspecified atom stereocenters. The maximum atomic E-state index is 5.69. The Balaban J connectivity index is 2.40. The standard InChI is InChI=1S/C17H39N5/c18-8-3-11-21-14-16-6-1-2-7-17(16)15-22(12-4-9-19)13-5-10-20/h16-17,21H,1-15,18-20H2. The van der Waals surface area contributed by atoms with Crippen LogP contribution in [-0.2, 0) is 0 Å². The Labute approximate surface area is 137 Å². The van der Waals surface area contributed by atoms with Crippen LogP contribution in [-0.4, -0.2) is 57.3 Å². The Morgan fingerprint density at radius 2 is 1.41 bits per heavy atom. The number of nitrogens with zero attached hydrogens (tertiary/aromatic N) is 1. The van der Waals surface area contributed by atoms with Gasteiger partial charge in [-0.1, -0.05) is 12.8 Å². The maximum Gasteiger partial charge on any atom is 0.00128 e. The quantitative estimate of drug-likeness (QED) is 0.376. The van der Waals surface area contributed by atoms with Crippen LogP contribution in [0.3, 0.4) is 0 Å². The lowest BCUT2D eigenvalue weighted by Crippen LogP contribution is -2.40. The Morgan fingerprint density at radius 1 is 0.818 bits per heavy atom. The molecule has 22 heavy (non-hydrogen) atoms. The first-order valence-electron chi connectivity index (χ1n) is 9.35. The van der Waals surface area contributed by atoms with Gasteiger partial charge in [-0.25, -0.2) is 0 Å². The maximum absolute atomic E-state index is 5.69. The topological polar surface area (TPSA) is 93.3 Å². The van der Waals surface area contributed by atoms with Gasteiger partial charge in [0.1, 0.15) is 0 Å². The Kier molecular flexibility index (Phi) is 12.0. The number of hydrogen-bond acceptors (Lipinski definition) is 5. The Hall–Kier alpha value is -0.200. The molecule has 0 aromatic rings. The Bertz CT molecular complexity index is 241. The number of hydrogen-bond donors (Lipinski definition) is 4. The summed E-state index contributed by atoms with van der Waals surface area (Å²) >= 11 is 0. The molecule has 5 nitrogen and oxygen atoms in total. The van der Waals surface area contributed by atoms with Crippen molar-refractivity contribution in [3.05, 3.63) is 0 Å². The fourth-order valence-electron chi connectivity index (χ4n) is 3.56. The van der Waals surface area contributed by atoms with Crippen molar-refractivity contribution in [3.63, 3.8) is 0 Å². The van der Waals surface area contributed by atoms with Crippen LogP contribution in [0.25, 0.3) is 0 Å². The molecule has 132 valence electrons. The van der Waals surface area contributed by atoms with E-state index < -0.39 is 0 Å². The minimum atomic E-state index is 0.785. The lowest BCUT2D eigenvalue weighted by molar-refractivity contribution is 0.147. The van der Waals surface area contributed by atoms with Gasteiger partial charge in [0.05, 0.1) is 0 Å². The average molecular weight is 314 g/mol. The molecular formula is C17H39N5. The van der Waals surface area contributed by atoms with Crippen molar-refractivity contribution in [2.45, 2.75) is 44.9 Å². The minimum absolute atomic E-state index is 0.785. The van der Waals surface area contributed by atoms with Gasteiger partial charge in [0.25, 0.3) is 0 Å². The van der Waals surface area contributed by atoms with Crippen molar-refractivity contribution in [2.75, 3.05) is 52.4 Å². The zero-order valence-corrected chi connectivity index (χ0v) is 14.4. The highest BCUT2D eigenvalue weighted by Gasteiger charge is 2.26. The summed E-state index contributed by atoms with van der Waals surface area (Å²) in [5, 5.41) is 3.61. The molecule has 0 radical (unpaired) electrons. The lowest BCUT2D eigenvalue weighted by Gasteiger charge is -2.36.